The Bertz CT molecular complexity index is 684. The van der Waals surface area contributed by atoms with Crippen LogP contribution in [0.5, 0.6) is 5.75 Å². The minimum atomic E-state index is -0.962. The van der Waals surface area contributed by atoms with Gasteiger partial charge in [0, 0.05) is 0 Å². The third-order valence-electron chi connectivity index (χ3n) is 3.91. The Morgan fingerprint density at radius 1 is 1.22 bits per heavy atom. The van der Waals surface area contributed by atoms with Gasteiger partial charge in [-0.05, 0) is 41.5 Å². The number of carbonyl (C=O) groups is 3. The zero-order valence-corrected chi connectivity index (χ0v) is 13.9. The number of nitrogens with one attached hydrogen (secondary N) is 1. The van der Waals surface area contributed by atoms with E-state index in [2.05, 4.69) is 5.32 Å². The Morgan fingerprint density at radius 3 is 2.35 bits per heavy atom. The Labute approximate surface area is 134 Å². The Hall–Kier alpha value is -2.57. The van der Waals surface area contributed by atoms with Crippen molar-refractivity contribution in [3.63, 3.8) is 0 Å². The molecule has 1 aliphatic heterocycles. The molecule has 0 aromatic heterocycles. The maximum Gasteiger partial charge on any atom is 0.356 e. The molecule has 1 fully saturated rings. The highest BCUT2D eigenvalue weighted by molar-refractivity contribution is 6.11. The highest BCUT2D eigenvalue weighted by atomic mass is 16.3. The first-order valence-corrected chi connectivity index (χ1v) is 7.23. The molecule has 1 radical (unpaired) electrons. The van der Waals surface area contributed by atoms with Crippen LogP contribution in [0.1, 0.15) is 43.0 Å². The second-order valence-corrected chi connectivity index (χ2v) is 6.66. The van der Waals surface area contributed by atoms with Crippen molar-refractivity contribution in [1.29, 1.82) is 0 Å². The van der Waals surface area contributed by atoms with E-state index in [9.17, 15) is 19.5 Å². The fourth-order valence-electron chi connectivity index (χ4n) is 2.55. The van der Waals surface area contributed by atoms with Gasteiger partial charge < -0.3 is 5.11 Å². The van der Waals surface area contributed by atoms with Crippen molar-refractivity contribution in [2.24, 2.45) is 0 Å². The van der Waals surface area contributed by atoms with E-state index in [1.54, 1.807) is 6.92 Å². The molecule has 1 aromatic rings. The molecule has 0 unspecified atom stereocenters. The second kappa shape index (κ2) is 5.57. The van der Waals surface area contributed by atoms with Crippen molar-refractivity contribution in [2.45, 2.75) is 46.6 Å². The van der Waals surface area contributed by atoms with E-state index < -0.39 is 18.1 Å². The minimum Gasteiger partial charge on any atom is -0.507 e. The molecule has 0 atom stereocenters. The number of phenolic OH excluding ortho intramolecular Hbond substituents is 1. The van der Waals surface area contributed by atoms with Gasteiger partial charge in [0.05, 0.1) is 6.54 Å². The van der Waals surface area contributed by atoms with Crippen LogP contribution in [-0.4, -0.2) is 28.1 Å². The van der Waals surface area contributed by atoms with Gasteiger partial charge in [0.15, 0.2) is 0 Å². The van der Waals surface area contributed by atoms with Gasteiger partial charge >= 0.3 is 18.1 Å². The number of aryl methyl sites for hydroxylation is 1. The van der Waals surface area contributed by atoms with Gasteiger partial charge in [0.1, 0.15) is 5.75 Å². The highest BCUT2D eigenvalue weighted by Crippen LogP contribution is 2.36. The van der Waals surface area contributed by atoms with Crippen LogP contribution < -0.4 is 10.6 Å². The number of urea groups is 3. The van der Waals surface area contributed by atoms with E-state index in [4.69, 9.17) is 0 Å². The molecular weight excluding hydrogens is 298 g/mol. The summed E-state index contributed by atoms with van der Waals surface area (Å²) >= 11 is 0. The van der Waals surface area contributed by atoms with Crippen molar-refractivity contribution in [3.8, 4) is 5.75 Å². The molecule has 1 aliphatic rings. The third kappa shape index (κ3) is 3.13. The highest BCUT2D eigenvalue weighted by Gasteiger charge is 2.33. The van der Waals surface area contributed by atoms with Crippen LogP contribution in [-0.2, 0) is 12.0 Å². The molecule has 0 bridgehead atoms. The SMILES string of the molecule is Cc1cc(C(C)(C)C)c(O)c(C)c1CN1C(=O)[N]C(=O)NC1=O. The molecular formula is C16H20N3O4. The average molecular weight is 318 g/mol. The number of rotatable bonds is 2. The summed E-state index contributed by atoms with van der Waals surface area (Å²) in [6.45, 7) is 9.51. The predicted octanol–water partition coefficient (Wildman–Crippen LogP) is 2.68. The maximum atomic E-state index is 11.8. The normalized spacial score (nSPS) is 15.5. The minimum absolute atomic E-state index is 0.0584. The number of hydrogen-bond acceptors (Lipinski definition) is 4. The van der Waals surface area contributed by atoms with Crippen LogP contribution in [0.4, 0.5) is 14.4 Å². The maximum absolute atomic E-state index is 11.8. The van der Waals surface area contributed by atoms with Crippen LogP contribution in [0.15, 0.2) is 6.07 Å². The number of nitrogens with zero attached hydrogens (tertiary/aromatic N) is 2. The van der Waals surface area contributed by atoms with Crippen molar-refractivity contribution in [1.82, 2.24) is 15.5 Å². The van der Waals surface area contributed by atoms with Crippen LogP contribution in [0.2, 0.25) is 0 Å². The second-order valence-electron chi connectivity index (χ2n) is 6.66. The molecule has 1 heterocycles. The monoisotopic (exact) mass is 318 g/mol. The van der Waals surface area contributed by atoms with Gasteiger partial charge in [0.2, 0.25) is 0 Å². The number of carbonyl (C=O) groups excluding carboxylic acids is 3. The van der Waals surface area contributed by atoms with Gasteiger partial charge in [-0.2, -0.15) is 0 Å². The first-order chi connectivity index (χ1) is 10.5. The smallest absolute Gasteiger partial charge is 0.356 e. The topological polar surface area (TPSA) is 101 Å². The van der Waals surface area contributed by atoms with E-state index in [0.29, 0.717) is 11.1 Å². The number of benzene rings is 1. The third-order valence-corrected chi connectivity index (χ3v) is 3.91. The van der Waals surface area contributed by atoms with Gasteiger partial charge in [-0.3, -0.25) is 5.32 Å². The van der Waals surface area contributed by atoms with Gasteiger partial charge in [-0.25, -0.2) is 19.3 Å². The summed E-state index contributed by atoms with van der Waals surface area (Å²) in [6.07, 6.45) is 0. The zero-order chi connectivity index (χ0) is 17.5. The van der Waals surface area contributed by atoms with E-state index >= 15 is 0 Å². The molecule has 6 amide bonds. The number of imide groups is 3. The number of aromatic hydroxyl groups is 1. The summed E-state index contributed by atoms with van der Waals surface area (Å²) in [5.74, 6) is 0.149. The van der Waals surface area contributed by atoms with Crippen LogP contribution in [0.3, 0.4) is 0 Å². The number of hydrogen-bond donors (Lipinski definition) is 2. The Morgan fingerprint density at radius 2 is 1.83 bits per heavy atom. The molecule has 0 spiro atoms. The Balaban J connectivity index is 2.42. The van der Waals surface area contributed by atoms with Crippen LogP contribution in [0.25, 0.3) is 0 Å². The average Bonchev–Trinajstić information content (AvgIpc) is 2.39. The standard InChI is InChI=1S/C16H20N3O4/c1-8-6-11(16(3,4)5)12(20)9(2)10(8)7-19-14(22)17-13(21)18-15(19)23/h6,20H,7H2,1-5H3,(H,17,21,22). The molecule has 2 N–H and O–H groups in total. The largest absolute Gasteiger partial charge is 0.507 e. The lowest BCUT2D eigenvalue weighted by Crippen LogP contribution is -2.56. The van der Waals surface area contributed by atoms with Crippen LogP contribution in [0, 0.1) is 13.8 Å². The molecule has 2 rings (SSSR count). The van der Waals surface area contributed by atoms with Crippen molar-refractivity contribution in [3.05, 3.63) is 28.3 Å². The summed E-state index contributed by atoms with van der Waals surface area (Å²) in [7, 11) is 0. The molecule has 1 aromatic carbocycles. The van der Waals surface area contributed by atoms with Gasteiger partial charge in [-0.15, -0.1) is 5.32 Å². The first kappa shape index (κ1) is 16.8. The van der Waals surface area contributed by atoms with E-state index in [0.717, 1.165) is 16.0 Å². The predicted molar refractivity (Wildman–Crippen MR) is 83.3 cm³/mol. The van der Waals surface area contributed by atoms with Crippen molar-refractivity contribution >= 4 is 18.1 Å². The molecule has 7 heteroatoms. The lowest BCUT2D eigenvalue weighted by molar-refractivity contribution is 0.172. The molecule has 1 saturated heterocycles. The zero-order valence-electron chi connectivity index (χ0n) is 13.9. The molecule has 7 nitrogen and oxygen atoms in total. The summed E-state index contributed by atoms with van der Waals surface area (Å²) in [4.78, 5) is 35.5. The fraction of sp³-hybridized carbons (Fsp3) is 0.438. The summed E-state index contributed by atoms with van der Waals surface area (Å²) in [5.41, 5.74) is 2.67. The van der Waals surface area contributed by atoms with E-state index in [1.807, 2.05) is 39.1 Å². The number of phenols is 1. The van der Waals surface area contributed by atoms with Crippen LogP contribution >= 0.6 is 0 Å². The molecule has 123 valence electrons. The molecule has 23 heavy (non-hydrogen) atoms. The summed E-state index contributed by atoms with van der Waals surface area (Å²) in [6, 6.07) is -0.826. The quantitative estimate of drug-likeness (QED) is 0.875. The van der Waals surface area contributed by atoms with E-state index in [1.165, 1.54) is 0 Å². The van der Waals surface area contributed by atoms with E-state index in [-0.39, 0.29) is 17.7 Å². The summed E-state index contributed by atoms with van der Waals surface area (Å²) < 4.78 is 0. The molecule has 0 aliphatic carbocycles. The lowest BCUT2D eigenvalue weighted by atomic mass is 9.82. The summed E-state index contributed by atoms with van der Waals surface area (Å²) in [5, 5.41) is 15.6. The van der Waals surface area contributed by atoms with Gasteiger partial charge in [-0.1, -0.05) is 26.8 Å². The van der Waals surface area contributed by atoms with Crippen molar-refractivity contribution in [2.75, 3.05) is 0 Å². The molecule has 0 saturated carbocycles. The number of amides is 6. The lowest BCUT2D eigenvalue weighted by Gasteiger charge is -2.27. The first-order valence-electron chi connectivity index (χ1n) is 7.23. The fourth-order valence-corrected chi connectivity index (χ4v) is 2.55. The Kier molecular flexibility index (Phi) is 4.07. The van der Waals surface area contributed by atoms with Crippen molar-refractivity contribution < 1.29 is 19.5 Å². The van der Waals surface area contributed by atoms with Gasteiger partial charge in [0.25, 0.3) is 0 Å².